The maximum atomic E-state index is 13.8. The van der Waals surface area contributed by atoms with E-state index in [0.717, 1.165) is 50.5 Å². The monoisotopic (exact) mass is 494 g/mol. The molecule has 5 atom stereocenters. The normalized spacial score (nSPS) is 30.8. The minimum Gasteiger partial charge on any atom is -0.507 e. The first-order valence-corrected chi connectivity index (χ1v) is 14.0. The topological polar surface area (TPSA) is 66.8 Å². The van der Waals surface area contributed by atoms with E-state index in [0.29, 0.717) is 23.5 Å². The van der Waals surface area contributed by atoms with Crippen LogP contribution in [-0.2, 0) is 11.2 Å². The van der Waals surface area contributed by atoms with Crippen molar-refractivity contribution in [1.82, 2.24) is 0 Å². The highest BCUT2D eigenvalue weighted by Gasteiger charge is 2.63. The van der Waals surface area contributed by atoms with Gasteiger partial charge in [-0.3, -0.25) is 0 Å². The van der Waals surface area contributed by atoms with Gasteiger partial charge in [0, 0.05) is 16.9 Å². The van der Waals surface area contributed by atoms with Crippen molar-refractivity contribution in [2.75, 3.05) is 0 Å². The van der Waals surface area contributed by atoms with Crippen LogP contribution < -0.4 is 0 Å². The smallest absolute Gasteiger partial charge is 0.342 e. The minimum atomic E-state index is -0.446. The van der Waals surface area contributed by atoms with Gasteiger partial charge in [0.15, 0.2) is 0 Å². The molecule has 4 rings (SSSR count). The number of phenols is 2. The lowest BCUT2D eigenvalue weighted by Crippen LogP contribution is -2.38. The molecule has 2 fully saturated rings. The number of rotatable bonds is 8. The van der Waals surface area contributed by atoms with Crippen molar-refractivity contribution >= 4 is 5.97 Å². The predicted molar refractivity (Wildman–Crippen MR) is 145 cm³/mol. The van der Waals surface area contributed by atoms with Gasteiger partial charge < -0.3 is 14.9 Å². The van der Waals surface area contributed by atoms with E-state index < -0.39 is 5.97 Å². The number of carbonyl (C=O) groups is 1. The summed E-state index contributed by atoms with van der Waals surface area (Å²) in [5, 5.41) is 22.9. The Morgan fingerprint density at radius 2 is 1.92 bits per heavy atom. The van der Waals surface area contributed by atoms with Crippen molar-refractivity contribution in [3.05, 3.63) is 46.6 Å². The van der Waals surface area contributed by atoms with E-state index in [-0.39, 0.29) is 45.8 Å². The predicted octanol–water partition coefficient (Wildman–Crippen LogP) is 8.22. The van der Waals surface area contributed by atoms with Gasteiger partial charge in [-0.15, -0.1) is 0 Å². The van der Waals surface area contributed by atoms with Gasteiger partial charge in [-0.1, -0.05) is 64.3 Å². The summed E-state index contributed by atoms with van der Waals surface area (Å²) in [6, 6.07) is 1.71. The third-order valence-corrected chi connectivity index (χ3v) is 10.3. The van der Waals surface area contributed by atoms with E-state index in [2.05, 4.69) is 47.3 Å². The highest BCUT2D eigenvalue weighted by Crippen LogP contribution is 2.66. The summed E-state index contributed by atoms with van der Waals surface area (Å²) in [7, 11) is 0. The zero-order valence-corrected chi connectivity index (χ0v) is 23.2. The fraction of sp³-hybridized carbons (Fsp3) is 0.656. The van der Waals surface area contributed by atoms with Crippen LogP contribution in [0.4, 0.5) is 0 Å². The fourth-order valence-corrected chi connectivity index (χ4v) is 7.44. The molecule has 0 spiro atoms. The summed E-state index contributed by atoms with van der Waals surface area (Å²) in [5.74, 6) is -0.0535. The summed E-state index contributed by atoms with van der Waals surface area (Å²) >= 11 is 0. The van der Waals surface area contributed by atoms with E-state index in [4.69, 9.17) is 4.74 Å². The second kappa shape index (κ2) is 9.91. The molecule has 1 aromatic carbocycles. The van der Waals surface area contributed by atoms with Gasteiger partial charge in [0.25, 0.3) is 0 Å². The van der Waals surface area contributed by atoms with E-state index in [9.17, 15) is 15.0 Å². The molecule has 36 heavy (non-hydrogen) atoms. The number of hydrogen-bond donors (Lipinski definition) is 2. The van der Waals surface area contributed by atoms with Gasteiger partial charge in [-0.05, 0) is 87.7 Å². The second-order valence-corrected chi connectivity index (χ2v) is 12.7. The Morgan fingerprint density at radius 1 is 1.19 bits per heavy atom. The van der Waals surface area contributed by atoms with Gasteiger partial charge in [-0.25, -0.2) is 4.79 Å². The van der Waals surface area contributed by atoms with E-state index in [1.807, 2.05) is 6.92 Å². The number of ether oxygens (including phenoxy) is 1. The van der Waals surface area contributed by atoms with Crippen LogP contribution in [0.25, 0.3) is 0 Å². The first-order chi connectivity index (χ1) is 16.9. The van der Waals surface area contributed by atoms with Crippen molar-refractivity contribution < 1.29 is 19.7 Å². The van der Waals surface area contributed by atoms with Crippen LogP contribution in [0, 0.1) is 22.7 Å². The quantitative estimate of drug-likeness (QED) is 0.217. The lowest BCUT2D eigenvalue weighted by Gasteiger charge is -2.38. The number of unbranched alkanes of at least 4 members (excludes halogenated alkanes) is 2. The maximum Gasteiger partial charge on any atom is 0.342 e. The number of hydrogen-bond acceptors (Lipinski definition) is 4. The number of allylic oxidation sites excluding steroid dienone is 3. The molecule has 198 valence electrons. The standard InChI is InChI=1S/C32H46O4/c1-8-9-10-11-21-17-25(33)28(24-16-20(4)12-13-23(24)19(2)3)29(34)27(21)30(35)36-26-18-22-14-15-32(26,7)31(22,5)6/h16-17,22-24,26,33-34H,2,8-15,18H2,1,3-7H3/t22?,23?,24-,26?,32?/m1/s1. The van der Waals surface area contributed by atoms with Crippen LogP contribution in [-0.4, -0.2) is 22.3 Å². The Balaban J connectivity index is 1.75. The average molecular weight is 495 g/mol. The average Bonchev–Trinajstić information content (AvgIpc) is 3.12. The Labute approximate surface area is 217 Å². The number of aryl methyl sites for hydroxylation is 1. The zero-order chi connectivity index (χ0) is 26.4. The Kier molecular flexibility index (Phi) is 7.38. The summed E-state index contributed by atoms with van der Waals surface area (Å²) in [4.78, 5) is 13.8. The number of carbonyl (C=O) groups excluding carboxylic acids is 1. The molecule has 0 aliphatic heterocycles. The molecule has 0 aromatic heterocycles. The van der Waals surface area contributed by atoms with Crippen molar-refractivity contribution in [3.8, 4) is 11.5 Å². The maximum absolute atomic E-state index is 13.8. The first kappa shape index (κ1) is 26.8. The minimum absolute atomic E-state index is 0.0562. The van der Waals surface area contributed by atoms with Crippen LogP contribution in [0.2, 0.25) is 0 Å². The summed E-state index contributed by atoms with van der Waals surface area (Å²) < 4.78 is 6.26. The largest absolute Gasteiger partial charge is 0.507 e. The number of benzene rings is 1. The molecule has 4 heteroatoms. The van der Waals surface area contributed by atoms with E-state index in [1.54, 1.807) is 6.07 Å². The number of fused-ring (bicyclic) bond motifs is 2. The molecule has 2 saturated carbocycles. The number of esters is 1. The molecule has 3 aliphatic carbocycles. The highest BCUT2D eigenvalue weighted by atomic mass is 16.5. The van der Waals surface area contributed by atoms with Crippen molar-refractivity contribution in [2.24, 2.45) is 22.7 Å². The Morgan fingerprint density at radius 3 is 2.50 bits per heavy atom. The number of phenolic OH excluding ortho intramolecular Hbond substituents is 2. The van der Waals surface area contributed by atoms with Crippen molar-refractivity contribution in [3.63, 3.8) is 0 Å². The SMILES string of the molecule is C=C(C)C1CCC(C)=C[C@H]1c1c(O)cc(CCCCC)c(C(=O)OC2CC3CCC2(C)C3(C)C)c1O. The van der Waals surface area contributed by atoms with Crippen LogP contribution in [0.1, 0.15) is 120 Å². The zero-order valence-electron chi connectivity index (χ0n) is 23.2. The third-order valence-electron chi connectivity index (χ3n) is 10.3. The molecular weight excluding hydrogens is 448 g/mol. The fourth-order valence-electron chi connectivity index (χ4n) is 7.44. The van der Waals surface area contributed by atoms with Crippen LogP contribution >= 0.6 is 0 Å². The van der Waals surface area contributed by atoms with Crippen molar-refractivity contribution in [2.45, 2.75) is 111 Å². The van der Waals surface area contributed by atoms with Crippen molar-refractivity contribution in [1.29, 1.82) is 0 Å². The molecule has 0 saturated heterocycles. The molecular formula is C32H46O4. The Hall–Kier alpha value is -2.23. The molecule has 4 nitrogen and oxygen atoms in total. The first-order valence-electron chi connectivity index (χ1n) is 14.0. The molecule has 2 bridgehead atoms. The van der Waals surface area contributed by atoms with Gasteiger partial charge >= 0.3 is 5.97 Å². The lowest BCUT2D eigenvalue weighted by atomic mass is 9.70. The van der Waals surface area contributed by atoms with Crippen LogP contribution in [0.3, 0.4) is 0 Å². The molecule has 0 heterocycles. The molecule has 0 amide bonds. The molecule has 2 N–H and O–H groups in total. The molecule has 3 aliphatic rings. The summed E-state index contributed by atoms with van der Waals surface area (Å²) in [5.41, 5.74) is 3.69. The summed E-state index contributed by atoms with van der Waals surface area (Å²) in [6.45, 7) is 17.3. The lowest BCUT2D eigenvalue weighted by molar-refractivity contribution is -0.0245. The van der Waals surface area contributed by atoms with E-state index in [1.165, 1.54) is 12.0 Å². The van der Waals surface area contributed by atoms with Gasteiger partial charge in [-0.2, -0.15) is 0 Å². The van der Waals surface area contributed by atoms with E-state index >= 15 is 0 Å². The second-order valence-electron chi connectivity index (χ2n) is 12.7. The Bertz CT molecular complexity index is 1060. The highest BCUT2D eigenvalue weighted by molar-refractivity contribution is 5.95. The van der Waals surface area contributed by atoms with Crippen LogP contribution in [0.15, 0.2) is 29.9 Å². The van der Waals surface area contributed by atoms with Gasteiger partial charge in [0.1, 0.15) is 23.2 Å². The summed E-state index contributed by atoms with van der Waals surface area (Å²) in [6.07, 6.45) is 10.6. The number of aromatic hydroxyl groups is 2. The molecule has 4 unspecified atom stereocenters. The molecule has 1 aromatic rings. The molecule has 0 radical (unpaired) electrons. The third kappa shape index (κ3) is 4.39. The van der Waals surface area contributed by atoms with Gasteiger partial charge in [0.05, 0.1) is 0 Å². The van der Waals surface area contributed by atoms with Gasteiger partial charge in [0.2, 0.25) is 0 Å². The van der Waals surface area contributed by atoms with Crippen LogP contribution in [0.5, 0.6) is 11.5 Å².